The third-order valence-corrected chi connectivity index (χ3v) is 6.36. The molecule has 4 nitrogen and oxygen atoms in total. The zero-order valence-corrected chi connectivity index (χ0v) is 19.9. The number of rotatable bonds is 8. The van der Waals surface area contributed by atoms with E-state index >= 15 is 0 Å². The van der Waals surface area contributed by atoms with E-state index < -0.39 is 0 Å². The second-order valence-corrected chi connectivity index (χ2v) is 8.21. The summed E-state index contributed by atoms with van der Waals surface area (Å²) in [6, 6.07) is 16.4. The molecule has 0 fully saturated rings. The summed E-state index contributed by atoms with van der Waals surface area (Å²) in [5, 5.41) is 3.09. The van der Waals surface area contributed by atoms with E-state index in [2.05, 4.69) is 42.8 Å². The van der Waals surface area contributed by atoms with Crippen LogP contribution in [0.5, 0.6) is 0 Å². The Morgan fingerprint density at radius 2 is 1.50 bits per heavy atom. The molecule has 0 aliphatic rings. The molecule has 0 aliphatic carbocycles. The van der Waals surface area contributed by atoms with Gasteiger partial charge in [0.25, 0.3) is 5.91 Å². The van der Waals surface area contributed by atoms with Crippen molar-refractivity contribution in [2.75, 3.05) is 5.32 Å². The molecule has 0 spiro atoms. The van der Waals surface area contributed by atoms with Crippen molar-refractivity contribution in [2.24, 2.45) is 0 Å². The third-order valence-electron chi connectivity index (χ3n) is 6.36. The average Bonchev–Trinajstić information content (AvgIpc) is 2.81. The standard InChI is InChI=1S/C28H34N2O2/c1-6-22-15-12-16-23(7-2)26(22)29-28(32)25-20(5)30(24(8-3)19(4)27(25)31)18-17-21-13-10-9-11-14-21/h9-16H,6-8,17-18H2,1-5H3,(H,29,32). The molecule has 0 unspecified atom stereocenters. The third kappa shape index (κ3) is 4.69. The Morgan fingerprint density at radius 3 is 2.06 bits per heavy atom. The molecule has 0 aliphatic heterocycles. The Bertz CT molecular complexity index is 1140. The Labute approximate surface area is 191 Å². The lowest BCUT2D eigenvalue weighted by Crippen LogP contribution is -2.31. The van der Waals surface area contributed by atoms with Gasteiger partial charge in [0.15, 0.2) is 5.43 Å². The number of nitrogens with one attached hydrogen (secondary N) is 1. The van der Waals surface area contributed by atoms with Crippen LogP contribution in [0.3, 0.4) is 0 Å². The van der Waals surface area contributed by atoms with Crippen LogP contribution < -0.4 is 10.7 Å². The van der Waals surface area contributed by atoms with Crippen molar-refractivity contribution in [1.29, 1.82) is 0 Å². The van der Waals surface area contributed by atoms with Crippen LogP contribution in [0.1, 0.15) is 64.8 Å². The van der Waals surface area contributed by atoms with Gasteiger partial charge in [0, 0.05) is 29.2 Å². The number of pyridine rings is 1. The van der Waals surface area contributed by atoms with E-state index in [0.29, 0.717) is 5.56 Å². The van der Waals surface area contributed by atoms with Gasteiger partial charge in [-0.1, -0.05) is 69.3 Å². The van der Waals surface area contributed by atoms with Gasteiger partial charge in [-0.25, -0.2) is 0 Å². The Morgan fingerprint density at radius 1 is 0.875 bits per heavy atom. The molecule has 32 heavy (non-hydrogen) atoms. The van der Waals surface area contributed by atoms with Gasteiger partial charge in [-0.3, -0.25) is 9.59 Å². The molecule has 168 valence electrons. The molecule has 1 N–H and O–H groups in total. The second kappa shape index (κ2) is 10.4. The number of hydrogen-bond acceptors (Lipinski definition) is 2. The predicted octanol–water partition coefficient (Wildman–Crippen LogP) is 5.65. The number of carbonyl (C=O) groups excluding carboxylic acids is 1. The van der Waals surface area contributed by atoms with Crippen molar-refractivity contribution >= 4 is 11.6 Å². The zero-order valence-electron chi connectivity index (χ0n) is 19.9. The molecule has 0 bridgehead atoms. The summed E-state index contributed by atoms with van der Waals surface area (Å²) in [4.78, 5) is 26.7. The first-order valence-corrected chi connectivity index (χ1v) is 11.6. The molecule has 3 rings (SSSR count). The number of aryl methyl sites for hydroxylation is 3. The summed E-state index contributed by atoms with van der Waals surface area (Å²) in [5.74, 6) is -0.317. The average molecular weight is 431 g/mol. The minimum atomic E-state index is -0.317. The number of benzene rings is 2. The van der Waals surface area contributed by atoms with E-state index in [0.717, 1.165) is 60.4 Å². The minimum absolute atomic E-state index is 0.167. The highest BCUT2D eigenvalue weighted by Crippen LogP contribution is 2.24. The quantitative estimate of drug-likeness (QED) is 0.502. The molecule has 1 heterocycles. The van der Waals surface area contributed by atoms with E-state index in [1.165, 1.54) is 5.56 Å². The molecular weight excluding hydrogens is 396 g/mol. The summed E-state index contributed by atoms with van der Waals surface area (Å²) in [5.41, 5.74) is 6.73. The van der Waals surface area contributed by atoms with Gasteiger partial charge in [0.2, 0.25) is 0 Å². The lowest BCUT2D eigenvalue weighted by atomic mass is 10.0. The predicted molar refractivity (Wildman–Crippen MR) is 133 cm³/mol. The van der Waals surface area contributed by atoms with Crippen molar-refractivity contribution in [1.82, 2.24) is 4.57 Å². The maximum atomic E-state index is 13.4. The number of aromatic nitrogens is 1. The molecule has 4 heteroatoms. The van der Waals surface area contributed by atoms with Crippen molar-refractivity contribution in [3.05, 3.63) is 98.0 Å². The maximum Gasteiger partial charge on any atom is 0.261 e. The Balaban J connectivity index is 2.04. The fraction of sp³-hybridized carbons (Fsp3) is 0.357. The molecule has 1 amide bonds. The van der Waals surface area contributed by atoms with Crippen LogP contribution in [0.25, 0.3) is 0 Å². The van der Waals surface area contributed by atoms with Gasteiger partial charge in [-0.15, -0.1) is 0 Å². The summed E-state index contributed by atoms with van der Waals surface area (Å²) < 4.78 is 2.16. The van der Waals surface area contributed by atoms with E-state index in [9.17, 15) is 9.59 Å². The van der Waals surface area contributed by atoms with E-state index in [1.54, 1.807) is 0 Å². The molecule has 1 aromatic heterocycles. The number of para-hydroxylation sites is 1. The fourth-order valence-corrected chi connectivity index (χ4v) is 4.51. The molecule has 2 aromatic carbocycles. The number of anilines is 1. The summed E-state index contributed by atoms with van der Waals surface area (Å²) in [7, 11) is 0. The van der Waals surface area contributed by atoms with Gasteiger partial charge < -0.3 is 9.88 Å². The Hall–Kier alpha value is -3.14. The summed E-state index contributed by atoms with van der Waals surface area (Å²) in [6.45, 7) is 10.7. The van der Waals surface area contributed by atoms with Crippen LogP contribution in [-0.2, 0) is 32.2 Å². The monoisotopic (exact) mass is 430 g/mol. The number of nitrogens with zero attached hydrogens (tertiary/aromatic N) is 1. The van der Waals surface area contributed by atoms with Crippen LogP contribution in [0.15, 0.2) is 53.3 Å². The topological polar surface area (TPSA) is 51.1 Å². The molecule has 0 saturated heterocycles. The van der Waals surface area contributed by atoms with Gasteiger partial charge in [-0.05, 0) is 56.2 Å². The van der Waals surface area contributed by atoms with Crippen LogP contribution in [0.4, 0.5) is 5.69 Å². The van der Waals surface area contributed by atoms with Gasteiger partial charge in [-0.2, -0.15) is 0 Å². The largest absolute Gasteiger partial charge is 0.347 e. The summed E-state index contributed by atoms with van der Waals surface area (Å²) >= 11 is 0. The Kier molecular flexibility index (Phi) is 7.68. The van der Waals surface area contributed by atoms with Crippen molar-refractivity contribution < 1.29 is 4.79 Å². The maximum absolute atomic E-state index is 13.4. The number of hydrogen-bond donors (Lipinski definition) is 1. The molecule has 0 atom stereocenters. The first kappa shape index (κ1) is 23.5. The highest BCUT2D eigenvalue weighted by Gasteiger charge is 2.22. The lowest BCUT2D eigenvalue weighted by Gasteiger charge is -2.22. The van der Waals surface area contributed by atoms with E-state index in [1.807, 2.05) is 50.2 Å². The lowest BCUT2D eigenvalue weighted by molar-refractivity contribution is 0.102. The highest BCUT2D eigenvalue weighted by atomic mass is 16.2. The first-order chi connectivity index (χ1) is 15.4. The first-order valence-electron chi connectivity index (χ1n) is 11.6. The van der Waals surface area contributed by atoms with Crippen molar-refractivity contribution in [3.8, 4) is 0 Å². The van der Waals surface area contributed by atoms with Crippen molar-refractivity contribution in [2.45, 2.75) is 66.8 Å². The molecule has 3 aromatic rings. The normalized spacial score (nSPS) is 10.9. The van der Waals surface area contributed by atoms with Crippen LogP contribution in [-0.4, -0.2) is 10.5 Å². The zero-order chi connectivity index (χ0) is 23.3. The summed E-state index contributed by atoms with van der Waals surface area (Å²) in [6.07, 6.45) is 3.23. The molecular formula is C28H34N2O2. The van der Waals surface area contributed by atoms with E-state index in [4.69, 9.17) is 0 Å². The van der Waals surface area contributed by atoms with Gasteiger partial charge in [0.05, 0.1) is 0 Å². The molecule has 0 saturated carbocycles. The van der Waals surface area contributed by atoms with Crippen LogP contribution in [0, 0.1) is 13.8 Å². The van der Waals surface area contributed by atoms with Gasteiger partial charge >= 0.3 is 0 Å². The SMILES string of the molecule is CCc1cccc(CC)c1NC(=O)c1c(C)n(CCc2ccccc2)c(CC)c(C)c1=O. The van der Waals surface area contributed by atoms with Gasteiger partial charge in [0.1, 0.15) is 5.56 Å². The minimum Gasteiger partial charge on any atom is -0.347 e. The fourth-order valence-electron chi connectivity index (χ4n) is 4.51. The number of amides is 1. The van der Waals surface area contributed by atoms with Crippen LogP contribution >= 0.6 is 0 Å². The van der Waals surface area contributed by atoms with Crippen molar-refractivity contribution in [3.63, 3.8) is 0 Å². The highest BCUT2D eigenvalue weighted by molar-refractivity contribution is 6.06. The van der Waals surface area contributed by atoms with E-state index in [-0.39, 0.29) is 16.9 Å². The molecule has 0 radical (unpaired) electrons. The number of carbonyl (C=O) groups is 1. The smallest absolute Gasteiger partial charge is 0.261 e. The second-order valence-electron chi connectivity index (χ2n) is 8.21. The van der Waals surface area contributed by atoms with Crippen LogP contribution in [0.2, 0.25) is 0 Å².